The molecule has 0 saturated carbocycles. The van der Waals surface area contributed by atoms with Crippen LogP contribution in [0.25, 0.3) is 44.3 Å². The van der Waals surface area contributed by atoms with Crippen LogP contribution in [-0.4, -0.2) is 19.9 Å². The maximum Gasteiger partial charge on any atom is 0.151 e. The summed E-state index contributed by atoms with van der Waals surface area (Å²) in [6.07, 6.45) is 3.43. The molecule has 0 saturated heterocycles. The molecule has 0 unspecified atom stereocenters. The number of fused-ring (bicyclic) bond motifs is 4. The van der Waals surface area contributed by atoms with Crippen LogP contribution in [0.1, 0.15) is 0 Å². The lowest BCUT2D eigenvalue weighted by molar-refractivity contribution is 0.481. The fourth-order valence-electron chi connectivity index (χ4n) is 4.27. The highest BCUT2D eigenvalue weighted by atomic mass is 16.5. The summed E-state index contributed by atoms with van der Waals surface area (Å²) in [5, 5.41) is 3.49. The molecule has 32 heavy (non-hydrogen) atoms. The molecule has 6 nitrogen and oxygen atoms in total. The van der Waals surface area contributed by atoms with Crippen LogP contribution in [0.5, 0.6) is 11.5 Å². The van der Waals surface area contributed by atoms with Gasteiger partial charge in [0.2, 0.25) is 0 Å². The molecule has 0 spiro atoms. The Labute approximate surface area is 182 Å². The Morgan fingerprint density at radius 3 is 1.53 bits per heavy atom. The SMILES string of the molecule is c1nc2ccc(-c3ccc4c(c3)Oc3cc(-c5ccc6nc[nH]c6c5)ccc3N4)cc2[nH]1. The zero-order valence-corrected chi connectivity index (χ0v) is 16.9. The van der Waals surface area contributed by atoms with Crippen LogP contribution in [0, 0.1) is 0 Å². The predicted molar refractivity (Wildman–Crippen MR) is 126 cm³/mol. The molecular formula is C26H17N5O. The highest BCUT2D eigenvalue weighted by molar-refractivity contribution is 5.86. The molecule has 3 N–H and O–H groups in total. The number of aromatic nitrogens is 4. The van der Waals surface area contributed by atoms with Gasteiger partial charge in [0.05, 0.1) is 46.1 Å². The summed E-state index contributed by atoms with van der Waals surface area (Å²) >= 11 is 0. The Hall–Kier alpha value is -4.58. The lowest BCUT2D eigenvalue weighted by atomic mass is 10.0. The number of anilines is 2. The van der Waals surface area contributed by atoms with Crippen molar-refractivity contribution in [3.63, 3.8) is 0 Å². The maximum absolute atomic E-state index is 6.34. The minimum atomic E-state index is 0.806. The number of imidazole rings is 2. The Bertz CT molecular complexity index is 1520. The lowest BCUT2D eigenvalue weighted by Gasteiger charge is -2.23. The van der Waals surface area contributed by atoms with Gasteiger partial charge in [0.15, 0.2) is 11.5 Å². The van der Waals surface area contributed by atoms with E-state index in [2.05, 4.69) is 85.9 Å². The standard InChI is InChI=1S/C26H17N5O/c1-5-19-23(29-13-27-19)9-15(1)17-3-7-21-25(11-17)32-26-12-18(4-8-22(26)31-21)16-2-6-20-24(10-16)30-14-28-20/h1-14,31H,(H,27,29)(H,28,30). The van der Waals surface area contributed by atoms with E-state index in [1.165, 1.54) is 0 Å². The van der Waals surface area contributed by atoms with Crippen molar-refractivity contribution in [2.24, 2.45) is 0 Å². The van der Waals surface area contributed by atoms with Crippen molar-refractivity contribution in [1.82, 2.24) is 19.9 Å². The van der Waals surface area contributed by atoms with Crippen LogP contribution < -0.4 is 10.1 Å². The minimum Gasteiger partial charge on any atom is -0.453 e. The minimum absolute atomic E-state index is 0.806. The van der Waals surface area contributed by atoms with E-state index in [0.717, 1.165) is 67.2 Å². The van der Waals surface area contributed by atoms with E-state index in [-0.39, 0.29) is 0 Å². The van der Waals surface area contributed by atoms with Crippen LogP contribution in [0.15, 0.2) is 85.5 Å². The maximum atomic E-state index is 6.34. The molecule has 4 aromatic carbocycles. The molecule has 0 radical (unpaired) electrons. The monoisotopic (exact) mass is 415 g/mol. The van der Waals surface area contributed by atoms with Gasteiger partial charge in [-0.25, -0.2) is 9.97 Å². The number of ether oxygens (including phenoxy) is 1. The Kier molecular flexibility index (Phi) is 3.46. The van der Waals surface area contributed by atoms with Gasteiger partial charge in [0, 0.05) is 0 Å². The van der Waals surface area contributed by atoms with E-state index in [0.29, 0.717) is 0 Å². The summed E-state index contributed by atoms with van der Waals surface area (Å²) in [5.41, 5.74) is 10.3. The zero-order valence-electron chi connectivity index (χ0n) is 16.9. The van der Waals surface area contributed by atoms with Gasteiger partial charge in [-0.05, 0) is 70.8 Å². The highest BCUT2D eigenvalue weighted by Gasteiger charge is 2.18. The van der Waals surface area contributed by atoms with Gasteiger partial charge >= 0.3 is 0 Å². The second-order valence-corrected chi connectivity index (χ2v) is 7.92. The first-order valence-electron chi connectivity index (χ1n) is 10.4. The third-order valence-electron chi connectivity index (χ3n) is 5.96. The molecule has 0 fully saturated rings. The van der Waals surface area contributed by atoms with Crippen molar-refractivity contribution in [2.75, 3.05) is 5.32 Å². The van der Waals surface area contributed by atoms with E-state index in [9.17, 15) is 0 Å². The smallest absolute Gasteiger partial charge is 0.151 e. The molecule has 7 rings (SSSR count). The van der Waals surface area contributed by atoms with Gasteiger partial charge in [0.1, 0.15) is 0 Å². The molecule has 0 aliphatic carbocycles. The molecule has 0 bridgehead atoms. The van der Waals surface area contributed by atoms with E-state index in [4.69, 9.17) is 4.74 Å². The second kappa shape index (κ2) is 6.46. The number of benzene rings is 4. The van der Waals surface area contributed by atoms with Crippen molar-refractivity contribution >= 4 is 33.4 Å². The number of hydrogen-bond donors (Lipinski definition) is 3. The van der Waals surface area contributed by atoms with E-state index < -0.39 is 0 Å². The van der Waals surface area contributed by atoms with Crippen LogP contribution in [-0.2, 0) is 0 Å². The van der Waals surface area contributed by atoms with Crippen molar-refractivity contribution in [2.45, 2.75) is 0 Å². The zero-order chi connectivity index (χ0) is 21.1. The molecule has 152 valence electrons. The summed E-state index contributed by atoms with van der Waals surface area (Å²) in [7, 11) is 0. The lowest BCUT2D eigenvalue weighted by Crippen LogP contribution is -2.03. The average molecular weight is 415 g/mol. The van der Waals surface area contributed by atoms with Crippen LogP contribution in [0.2, 0.25) is 0 Å². The molecule has 6 aromatic rings. The van der Waals surface area contributed by atoms with Gasteiger partial charge in [-0.1, -0.05) is 24.3 Å². The summed E-state index contributed by atoms with van der Waals surface area (Å²) < 4.78 is 6.34. The summed E-state index contributed by atoms with van der Waals surface area (Å²) in [6, 6.07) is 24.9. The first-order valence-corrected chi connectivity index (χ1v) is 10.4. The molecule has 0 amide bonds. The van der Waals surface area contributed by atoms with Crippen molar-refractivity contribution in [1.29, 1.82) is 0 Å². The Morgan fingerprint density at radius 2 is 1.00 bits per heavy atom. The number of nitrogens with zero attached hydrogens (tertiary/aromatic N) is 2. The van der Waals surface area contributed by atoms with E-state index in [1.54, 1.807) is 12.7 Å². The van der Waals surface area contributed by atoms with Crippen LogP contribution in [0.4, 0.5) is 11.4 Å². The van der Waals surface area contributed by atoms with Crippen molar-refractivity contribution in [3.05, 3.63) is 85.5 Å². The molecule has 1 aliphatic heterocycles. The third kappa shape index (κ3) is 2.66. The molecule has 1 aliphatic rings. The predicted octanol–water partition coefficient (Wildman–Crippen LogP) is 6.62. The number of aromatic amines is 2. The fourth-order valence-corrected chi connectivity index (χ4v) is 4.27. The van der Waals surface area contributed by atoms with Crippen LogP contribution in [0.3, 0.4) is 0 Å². The van der Waals surface area contributed by atoms with Crippen LogP contribution >= 0.6 is 0 Å². The third-order valence-corrected chi connectivity index (χ3v) is 5.96. The number of hydrogen-bond acceptors (Lipinski definition) is 4. The largest absolute Gasteiger partial charge is 0.453 e. The Morgan fingerprint density at radius 1 is 0.531 bits per heavy atom. The van der Waals surface area contributed by atoms with E-state index >= 15 is 0 Å². The quantitative estimate of drug-likeness (QED) is 0.296. The van der Waals surface area contributed by atoms with Gasteiger partial charge in [-0.3, -0.25) is 0 Å². The Balaban J connectivity index is 1.25. The normalized spacial score (nSPS) is 12.2. The number of H-pyrrole nitrogens is 2. The second-order valence-electron chi connectivity index (χ2n) is 7.92. The van der Waals surface area contributed by atoms with E-state index in [1.807, 2.05) is 12.1 Å². The topological polar surface area (TPSA) is 78.6 Å². The first kappa shape index (κ1) is 17.1. The fraction of sp³-hybridized carbons (Fsp3) is 0. The average Bonchev–Trinajstić information content (AvgIpc) is 3.50. The van der Waals surface area contributed by atoms with Crippen molar-refractivity contribution in [3.8, 4) is 33.8 Å². The van der Waals surface area contributed by atoms with Crippen molar-refractivity contribution < 1.29 is 4.74 Å². The van der Waals surface area contributed by atoms with Gasteiger partial charge in [0.25, 0.3) is 0 Å². The summed E-state index contributed by atoms with van der Waals surface area (Å²) in [6.45, 7) is 0. The molecular weight excluding hydrogens is 398 g/mol. The molecule has 0 atom stereocenters. The highest BCUT2D eigenvalue weighted by Crippen LogP contribution is 2.45. The number of rotatable bonds is 2. The van der Waals surface area contributed by atoms with Gasteiger partial charge in [-0.2, -0.15) is 0 Å². The summed E-state index contributed by atoms with van der Waals surface area (Å²) in [5.74, 6) is 1.61. The molecule has 2 aromatic heterocycles. The molecule has 6 heteroatoms. The van der Waals surface area contributed by atoms with Gasteiger partial charge in [-0.15, -0.1) is 0 Å². The number of nitrogens with one attached hydrogen (secondary N) is 3. The first-order chi connectivity index (χ1) is 15.8. The summed E-state index contributed by atoms with van der Waals surface area (Å²) in [4.78, 5) is 15.0. The van der Waals surface area contributed by atoms with Gasteiger partial charge < -0.3 is 20.0 Å². The molecule has 3 heterocycles.